The van der Waals surface area contributed by atoms with Crippen molar-refractivity contribution >= 4 is 5.69 Å². The molecular formula is C19H10N6O. The van der Waals surface area contributed by atoms with Crippen LogP contribution in [0.4, 0.5) is 5.69 Å². The van der Waals surface area contributed by atoms with Crippen LogP contribution in [0.3, 0.4) is 0 Å². The van der Waals surface area contributed by atoms with E-state index >= 15 is 0 Å². The van der Waals surface area contributed by atoms with Crippen molar-refractivity contribution in [1.82, 2.24) is 10.1 Å². The first-order valence-electron chi connectivity index (χ1n) is 7.46. The molecule has 0 unspecified atom stereocenters. The quantitative estimate of drug-likeness (QED) is 0.720. The largest absolute Gasteiger partial charge is 0.345 e. The van der Waals surface area contributed by atoms with Gasteiger partial charge in [0.2, 0.25) is 5.82 Å². The Bertz CT molecular complexity index is 1060. The molecule has 0 amide bonds. The Labute approximate surface area is 149 Å². The molecule has 1 N–H and O–H groups in total. The van der Waals surface area contributed by atoms with Crippen LogP contribution in [0.25, 0.3) is 22.8 Å². The van der Waals surface area contributed by atoms with Gasteiger partial charge in [-0.25, -0.2) is 0 Å². The Morgan fingerprint density at radius 1 is 0.846 bits per heavy atom. The molecule has 26 heavy (non-hydrogen) atoms. The van der Waals surface area contributed by atoms with Crippen LogP contribution in [0, 0.1) is 34.0 Å². The second-order valence-corrected chi connectivity index (χ2v) is 5.08. The Morgan fingerprint density at radius 2 is 1.54 bits per heavy atom. The van der Waals surface area contributed by atoms with Gasteiger partial charge in [-0.1, -0.05) is 35.5 Å². The maximum atomic E-state index is 9.06. The second kappa shape index (κ2) is 7.44. The summed E-state index contributed by atoms with van der Waals surface area (Å²) in [7, 11) is 0. The van der Waals surface area contributed by atoms with Gasteiger partial charge in [0.05, 0.1) is 0 Å². The first kappa shape index (κ1) is 16.4. The zero-order valence-electron chi connectivity index (χ0n) is 13.3. The van der Waals surface area contributed by atoms with E-state index in [-0.39, 0.29) is 11.3 Å². The number of anilines is 1. The van der Waals surface area contributed by atoms with Gasteiger partial charge in [-0.15, -0.1) is 0 Å². The van der Waals surface area contributed by atoms with Gasteiger partial charge in [0.15, 0.2) is 5.57 Å². The van der Waals surface area contributed by atoms with Gasteiger partial charge in [0, 0.05) is 16.8 Å². The molecule has 0 fully saturated rings. The highest BCUT2D eigenvalue weighted by atomic mass is 16.5. The minimum atomic E-state index is -0.277. The molecule has 1 aromatic heterocycles. The number of hydrogen-bond donors (Lipinski definition) is 1. The third-order valence-corrected chi connectivity index (χ3v) is 3.44. The normalized spacial score (nSPS) is 9.42. The molecule has 0 saturated heterocycles. The van der Waals surface area contributed by atoms with E-state index < -0.39 is 0 Å². The molecular weight excluding hydrogens is 328 g/mol. The van der Waals surface area contributed by atoms with E-state index in [0.29, 0.717) is 23.0 Å². The Morgan fingerprint density at radius 3 is 2.15 bits per heavy atom. The Balaban J connectivity index is 1.82. The predicted octanol–water partition coefficient (Wildman–Crippen LogP) is 3.64. The zero-order chi connectivity index (χ0) is 18.4. The molecule has 3 aromatic rings. The summed E-state index contributed by atoms with van der Waals surface area (Å²) >= 11 is 0. The highest BCUT2D eigenvalue weighted by Gasteiger charge is 2.11. The van der Waals surface area contributed by atoms with Gasteiger partial charge in [-0.3, -0.25) is 0 Å². The third-order valence-electron chi connectivity index (χ3n) is 3.44. The number of aromatic nitrogens is 2. The van der Waals surface area contributed by atoms with Crippen molar-refractivity contribution in [2.75, 3.05) is 5.32 Å². The lowest BCUT2D eigenvalue weighted by Gasteiger charge is -2.04. The summed E-state index contributed by atoms with van der Waals surface area (Å²) in [4.78, 5) is 4.37. The molecule has 7 heteroatoms. The highest BCUT2D eigenvalue weighted by molar-refractivity contribution is 5.64. The molecule has 0 aliphatic rings. The van der Waals surface area contributed by atoms with Crippen molar-refractivity contribution in [2.24, 2.45) is 0 Å². The van der Waals surface area contributed by atoms with E-state index in [9.17, 15) is 0 Å². The van der Waals surface area contributed by atoms with Crippen molar-refractivity contribution < 1.29 is 4.52 Å². The van der Waals surface area contributed by atoms with E-state index in [1.54, 1.807) is 42.5 Å². The lowest BCUT2D eigenvalue weighted by Crippen LogP contribution is -2.00. The molecule has 2 aromatic carbocycles. The van der Waals surface area contributed by atoms with Crippen LogP contribution in [0.1, 0.15) is 0 Å². The summed E-state index contributed by atoms with van der Waals surface area (Å²) < 4.78 is 5.29. The number of nitrogens with zero attached hydrogens (tertiary/aromatic N) is 5. The number of rotatable bonds is 4. The Kier molecular flexibility index (Phi) is 4.71. The molecule has 7 nitrogen and oxygen atoms in total. The van der Waals surface area contributed by atoms with Gasteiger partial charge in [0.25, 0.3) is 5.89 Å². The van der Waals surface area contributed by atoms with Crippen molar-refractivity contribution in [3.8, 4) is 41.0 Å². The summed E-state index contributed by atoms with van der Waals surface area (Å²) in [6.07, 6.45) is 0. The molecule has 3 rings (SSSR count). The third kappa shape index (κ3) is 3.41. The fourth-order valence-corrected chi connectivity index (χ4v) is 2.17. The SMILES string of the molecule is N#CC(C#N)=C(C#N)Nc1ccc(-c2nc(-c3ccccc3)no2)cc1. The number of hydrogen-bond acceptors (Lipinski definition) is 7. The maximum Gasteiger partial charge on any atom is 0.258 e. The van der Waals surface area contributed by atoms with Crippen LogP contribution in [0.5, 0.6) is 0 Å². The summed E-state index contributed by atoms with van der Waals surface area (Å²) in [5.74, 6) is 0.853. The maximum absolute atomic E-state index is 9.06. The topological polar surface area (TPSA) is 122 Å². The minimum Gasteiger partial charge on any atom is -0.345 e. The van der Waals surface area contributed by atoms with Gasteiger partial charge < -0.3 is 9.84 Å². The molecule has 0 radical (unpaired) electrons. The monoisotopic (exact) mass is 338 g/mol. The van der Waals surface area contributed by atoms with Crippen molar-refractivity contribution in [3.05, 3.63) is 65.9 Å². The average molecular weight is 338 g/mol. The van der Waals surface area contributed by atoms with Crippen LogP contribution in [0.2, 0.25) is 0 Å². The molecule has 122 valence electrons. The molecule has 0 spiro atoms. The van der Waals surface area contributed by atoms with Crippen molar-refractivity contribution in [3.63, 3.8) is 0 Å². The standard InChI is InChI=1S/C19H10N6O/c20-10-15(11-21)17(12-22)23-16-8-6-14(7-9-16)19-24-18(25-26-19)13-4-2-1-3-5-13/h1-9,23H. The van der Waals surface area contributed by atoms with Crippen LogP contribution in [0.15, 0.2) is 70.4 Å². The molecule has 1 heterocycles. The van der Waals surface area contributed by atoms with Crippen LogP contribution < -0.4 is 5.32 Å². The zero-order valence-corrected chi connectivity index (χ0v) is 13.3. The van der Waals surface area contributed by atoms with E-state index in [2.05, 4.69) is 15.5 Å². The molecule has 0 aliphatic heterocycles. The average Bonchev–Trinajstić information content (AvgIpc) is 3.19. The first-order chi connectivity index (χ1) is 12.7. The molecule has 0 bridgehead atoms. The van der Waals surface area contributed by atoms with Crippen LogP contribution >= 0.6 is 0 Å². The van der Waals surface area contributed by atoms with Crippen LogP contribution in [-0.2, 0) is 0 Å². The summed E-state index contributed by atoms with van der Waals surface area (Å²) in [6.45, 7) is 0. The lowest BCUT2D eigenvalue weighted by molar-refractivity contribution is 0.432. The second-order valence-electron chi connectivity index (χ2n) is 5.08. The molecule has 0 saturated carbocycles. The van der Waals surface area contributed by atoms with Crippen molar-refractivity contribution in [1.29, 1.82) is 15.8 Å². The predicted molar refractivity (Wildman–Crippen MR) is 92.7 cm³/mol. The minimum absolute atomic E-state index is 0.105. The summed E-state index contributed by atoms with van der Waals surface area (Å²) in [5, 5.41) is 33.5. The van der Waals surface area contributed by atoms with E-state index in [4.69, 9.17) is 20.3 Å². The molecule has 0 atom stereocenters. The van der Waals surface area contributed by atoms with Gasteiger partial charge in [-0.2, -0.15) is 20.8 Å². The first-order valence-corrected chi connectivity index (χ1v) is 7.46. The summed E-state index contributed by atoms with van der Waals surface area (Å²) in [6, 6.07) is 21.5. The van der Waals surface area contributed by atoms with Crippen LogP contribution in [-0.4, -0.2) is 10.1 Å². The van der Waals surface area contributed by atoms with E-state index in [0.717, 1.165) is 5.56 Å². The smallest absolute Gasteiger partial charge is 0.258 e. The Hall–Kier alpha value is -4.41. The van der Waals surface area contributed by atoms with Gasteiger partial charge >= 0.3 is 0 Å². The lowest BCUT2D eigenvalue weighted by atomic mass is 10.2. The van der Waals surface area contributed by atoms with Crippen molar-refractivity contribution in [2.45, 2.75) is 0 Å². The molecule has 0 aliphatic carbocycles. The fourth-order valence-electron chi connectivity index (χ4n) is 2.17. The number of benzene rings is 2. The fraction of sp³-hybridized carbons (Fsp3) is 0. The number of allylic oxidation sites excluding steroid dienone is 2. The van der Waals surface area contributed by atoms with Gasteiger partial charge in [0.1, 0.15) is 23.9 Å². The van der Waals surface area contributed by atoms with E-state index in [1.807, 2.05) is 30.3 Å². The summed E-state index contributed by atoms with van der Waals surface area (Å²) in [5.41, 5.74) is 1.72. The number of nitrogens with one attached hydrogen (secondary N) is 1. The number of nitriles is 3. The van der Waals surface area contributed by atoms with E-state index in [1.165, 1.54) is 0 Å². The van der Waals surface area contributed by atoms with Gasteiger partial charge in [-0.05, 0) is 24.3 Å². The highest BCUT2D eigenvalue weighted by Crippen LogP contribution is 2.24.